The van der Waals surface area contributed by atoms with Crippen LogP contribution in [0.2, 0.25) is 0 Å². The van der Waals surface area contributed by atoms with E-state index >= 15 is 0 Å². The highest BCUT2D eigenvalue weighted by molar-refractivity contribution is 7.14. The van der Waals surface area contributed by atoms with E-state index in [4.69, 9.17) is 5.21 Å². The highest BCUT2D eigenvalue weighted by Crippen LogP contribution is 2.25. The number of aliphatic imine (C=N–C) groups is 1. The standard InChI is InChI=1S/C7H10N2OS/c1-5-3-4-11-7(5)8-6(2)9-10/h3-4,10H,1-2H3,(H,8,9). The zero-order valence-corrected chi connectivity index (χ0v) is 7.27. The fourth-order valence-corrected chi connectivity index (χ4v) is 1.50. The summed E-state index contributed by atoms with van der Waals surface area (Å²) < 4.78 is 0. The molecule has 0 amide bonds. The quantitative estimate of drug-likeness (QED) is 0.385. The predicted octanol–water partition coefficient (Wildman–Crippen LogP) is 2.09. The molecule has 0 spiro atoms. The van der Waals surface area contributed by atoms with Crippen LogP contribution in [0, 0.1) is 6.92 Å². The van der Waals surface area contributed by atoms with Crippen LogP contribution in [0.1, 0.15) is 12.5 Å². The molecular weight excluding hydrogens is 160 g/mol. The minimum absolute atomic E-state index is 0.510. The first-order valence-electron chi connectivity index (χ1n) is 3.23. The molecule has 0 aromatic carbocycles. The molecule has 1 aromatic heterocycles. The van der Waals surface area contributed by atoms with Crippen molar-refractivity contribution < 1.29 is 5.21 Å². The van der Waals surface area contributed by atoms with Crippen molar-refractivity contribution in [3.8, 4) is 0 Å². The van der Waals surface area contributed by atoms with Gasteiger partial charge in [0.15, 0.2) is 0 Å². The number of hydrogen-bond donors (Lipinski definition) is 2. The molecule has 60 valence electrons. The molecule has 11 heavy (non-hydrogen) atoms. The average Bonchev–Trinajstić information content (AvgIpc) is 2.37. The molecule has 0 saturated carbocycles. The molecule has 0 aliphatic carbocycles. The Bertz CT molecular complexity index is 267. The lowest BCUT2D eigenvalue weighted by Gasteiger charge is -1.95. The number of nitrogens with one attached hydrogen (secondary N) is 1. The topological polar surface area (TPSA) is 44.6 Å². The Morgan fingerprint density at radius 1 is 1.73 bits per heavy atom. The Labute approximate surface area is 69.4 Å². The molecule has 0 unspecified atom stereocenters. The van der Waals surface area contributed by atoms with Crippen LogP contribution in [0.25, 0.3) is 0 Å². The predicted molar refractivity (Wildman–Crippen MR) is 46.7 cm³/mol. The minimum atomic E-state index is 0.510. The van der Waals surface area contributed by atoms with Gasteiger partial charge in [-0.25, -0.2) is 4.99 Å². The molecule has 0 bridgehead atoms. The van der Waals surface area contributed by atoms with Gasteiger partial charge in [-0.15, -0.1) is 11.3 Å². The van der Waals surface area contributed by atoms with Crippen LogP contribution in [0.5, 0.6) is 0 Å². The van der Waals surface area contributed by atoms with Crippen molar-refractivity contribution >= 4 is 22.2 Å². The van der Waals surface area contributed by atoms with E-state index in [1.165, 1.54) is 0 Å². The van der Waals surface area contributed by atoms with E-state index in [9.17, 15) is 0 Å². The first-order valence-corrected chi connectivity index (χ1v) is 4.11. The maximum absolute atomic E-state index is 8.45. The van der Waals surface area contributed by atoms with E-state index in [0.717, 1.165) is 10.6 Å². The van der Waals surface area contributed by atoms with Gasteiger partial charge in [-0.05, 0) is 30.9 Å². The first-order chi connectivity index (χ1) is 5.24. The van der Waals surface area contributed by atoms with Crippen LogP contribution in [-0.4, -0.2) is 11.0 Å². The SMILES string of the molecule is C/C(=N\c1sccc1C)NO. The second kappa shape index (κ2) is 3.50. The number of hydroxylamine groups is 1. The second-order valence-electron chi connectivity index (χ2n) is 2.22. The maximum Gasteiger partial charge on any atom is 0.124 e. The van der Waals surface area contributed by atoms with E-state index in [1.807, 2.05) is 23.9 Å². The maximum atomic E-state index is 8.45. The molecule has 1 rings (SSSR count). The minimum Gasteiger partial charge on any atom is -0.290 e. The highest BCUT2D eigenvalue weighted by atomic mass is 32.1. The summed E-state index contributed by atoms with van der Waals surface area (Å²) in [6, 6.07) is 1.99. The number of hydrogen-bond acceptors (Lipinski definition) is 3. The average molecular weight is 170 g/mol. The Morgan fingerprint density at radius 3 is 2.91 bits per heavy atom. The molecule has 3 nitrogen and oxygen atoms in total. The molecule has 4 heteroatoms. The normalized spacial score (nSPS) is 11.7. The van der Waals surface area contributed by atoms with Crippen LogP contribution in [-0.2, 0) is 0 Å². The van der Waals surface area contributed by atoms with Crippen LogP contribution < -0.4 is 5.48 Å². The summed E-state index contributed by atoms with van der Waals surface area (Å²) in [5, 5.41) is 11.4. The van der Waals surface area contributed by atoms with Crippen molar-refractivity contribution in [1.29, 1.82) is 0 Å². The van der Waals surface area contributed by atoms with Crippen molar-refractivity contribution in [2.75, 3.05) is 0 Å². The lowest BCUT2D eigenvalue weighted by molar-refractivity contribution is 0.234. The van der Waals surface area contributed by atoms with E-state index < -0.39 is 0 Å². The largest absolute Gasteiger partial charge is 0.290 e. The van der Waals surface area contributed by atoms with Gasteiger partial charge in [0.1, 0.15) is 10.8 Å². The molecule has 0 radical (unpaired) electrons. The van der Waals surface area contributed by atoms with Gasteiger partial charge in [-0.1, -0.05) is 0 Å². The zero-order chi connectivity index (χ0) is 8.27. The number of nitrogens with zero attached hydrogens (tertiary/aromatic N) is 1. The Kier molecular flexibility index (Phi) is 2.62. The number of rotatable bonds is 1. The van der Waals surface area contributed by atoms with E-state index in [0.29, 0.717) is 5.84 Å². The van der Waals surface area contributed by atoms with Crippen LogP contribution in [0.15, 0.2) is 16.4 Å². The summed E-state index contributed by atoms with van der Waals surface area (Å²) in [6.45, 7) is 3.69. The van der Waals surface area contributed by atoms with Gasteiger partial charge in [0.2, 0.25) is 0 Å². The van der Waals surface area contributed by atoms with Gasteiger partial charge >= 0.3 is 0 Å². The summed E-state index contributed by atoms with van der Waals surface area (Å²) in [4.78, 5) is 4.11. The van der Waals surface area contributed by atoms with Gasteiger partial charge in [0, 0.05) is 0 Å². The number of thiophene rings is 1. The summed E-state index contributed by atoms with van der Waals surface area (Å²) >= 11 is 1.55. The van der Waals surface area contributed by atoms with Crippen molar-refractivity contribution in [3.05, 3.63) is 17.0 Å². The van der Waals surface area contributed by atoms with Crippen LogP contribution >= 0.6 is 11.3 Å². The van der Waals surface area contributed by atoms with Crippen molar-refractivity contribution in [2.24, 2.45) is 4.99 Å². The molecule has 1 aromatic rings. The molecule has 0 saturated heterocycles. The molecule has 0 aliphatic heterocycles. The lowest BCUT2D eigenvalue weighted by Crippen LogP contribution is -2.13. The second-order valence-corrected chi connectivity index (χ2v) is 3.11. The van der Waals surface area contributed by atoms with Crippen molar-refractivity contribution in [2.45, 2.75) is 13.8 Å². The molecule has 0 atom stereocenters. The summed E-state index contributed by atoms with van der Waals surface area (Å²) in [5.41, 5.74) is 3.12. The fraction of sp³-hybridized carbons (Fsp3) is 0.286. The first kappa shape index (κ1) is 8.23. The summed E-state index contributed by atoms with van der Waals surface area (Å²) in [7, 11) is 0. The van der Waals surface area contributed by atoms with Crippen molar-refractivity contribution in [1.82, 2.24) is 5.48 Å². The van der Waals surface area contributed by atoms with Gasteiger partial charge in [-0.3, -0.25) is 10.7 Å². The molecule has 1 heterocycles. The van der Waals surface area contributed by atoms with Gasteiger partial charge in [0.25, 0.3) is 0 Å². The summed E-state index contributed by atoms with van der Waals surface area (Å²) in [5.74, 6) is 0.510. The molecular formula is C7H10N2OS. The smallest absolute Gasteiger partial charge is 0.124 e. The Balaban J connectivity index is 2.86. The van der Waals surface area contributed by atoms with Gasteiger partial charge in [0.05, 0.1) is 0 Å². The van der Waals surface area contributed by atoms with E-state index in [-0.39, 0.29) is 0 Å². The van der Waals surface area contributed by atoms with Crippen LogP contribution in [0.3, 0.4) is 0 Å². The zero-order valence-electron chi connectivity index (χ0n) is 6.46. The van der Waals surface area contributed by atoms with Crippen molar-refractivity contribution in [3.63, 3.8) is 0 Å². The monoisotopic (exact) mass is 170 g/mol. The number of amidine groups is 1. The third-order valence-electron chi connectivity index (χ3n) is 1.27. The Hall–Kier alpha value is -0.870. The molecule has 0 aliphatic rings. The molecule has 0 fully saturated rings. The molecule has 2 N–H and O–H groups in total. The van der Waals surface area contributed by atoms with E-state index in [2.05, 4.69) is 4.99 Å². The van der Waals surface area contributed by atoms with Gasteiger partial charge < -0.3 is 0 Å². The third-order valence-corrected chi connectivity index (χ3v) is 2.17. The fourth-order valence-electron chi connectivity index (χ4n) is 0.657. The van der Waals surface area contributed by atoms with E-state index in [1.54, 1.807) is 18.3 Å². The Morgan fingerprint density at radius 2 is 2.45 bits per heavy atom. The van der Waals surface area contributed by atoms with Crippen LogP contribution in [0.4, 0.5) is 5.00 Å². The highest BCUT2D eigenvalue weighted by Gasteiger charge is 1.96. The number of aryl methyl sites for hydroxylation is 1. The summed E-state index contributed by atoms with van der Waals surface area (Å²) in [6.07, 6.45) is 0. The lowest BCUT2D eigenvalue weighted by atomic mass is 10.4. The van der Waals surface area contributed by atoms with Gasteiger partial charge in [-0.2, -0.15) is 0 Å². The third kappa shape index (κ3) is 2.03.